The van der Waals surface area contributed by atoms with Crippen molar-refractivity contribution in [2.75, 3.05) is 17.2 Å². The molecular weight excluding hydrogens is 254 g/mol. The molecule has 4 N–H and O–H groups in total. The summed E-state index contributed by atoms with van der Waals surface area (Å²) < 4.78 is 5.97. The highest BCUT2D eigenvalue weighted by molar-refractivity contribution is 7.11. The topological polar surface area (TPSA) is 116 Å². The number of nitrogens with zero attached hydrogens (tertiary/aromatic N) is 5. The molecule has 2 aromatic rings. The smallest absolute Gasteiger partial charge is 0.255 e. The summed E-state index contributed by atoms with van der Waals surface area (Å²) in [5.41, 5.74) is 11.3. The van der Waals surface area contributed by atoms with Gasteiger partial charge in [-0.25, -0.2) is 0 Å². The third kappa shape index (κ3) is 1.59. The first-order valence-electron chi connectivity index (χ1n) is 5.33. The van der Waals surface area contributed by atoms with Crippen molar-refractivity contribution in [1.29, 1.82) is 0 Å². The van der Waals surface area contributed by atoms with Crippen LogP contribution in [0, 0.1) is 0 Å². The van der Waals surface area contributed by atoms with Crippen LogP contribution >= 0.6 is 11.5 Å². The molecule has 3 heterocycles. The monoisotopic (exact) mass is 265 g/mol. The molecule has 0 aliphatic carbocycles. The summed E-state index contributed by atoms with van der Waals surface area (Å²) >= 11 is 1.18. The van der Waals surface area contributed by atoms with Gasteiger partial charge in [0.2, 0.25) is 0 Å². The van der Waals surface area contributed by atoms with Gasteiger partial charge in [0.05, 0.1) is 6.54 Å². The number of carbonyl (C=O) groups excluding carboxylic acids is 1. The zero-order valence-electron chi connectivity index (χ0n) is 9.41. The molecule has 0 saturated carbocycles. The van der Waals surface area contributed by atoms with E-state index in [9.17, 15) is 4.79 Å². The molecule has 1 aliphatic rings. The second-order valence-corrected chi connectivity index (χ2v) is 4.73. The molecule has 1 amide bonds. The number of nitrogen functional groups attached to an aromatic ring is 1. The highest BCUT2D eigenvalue weighted by Crippen LogP contribution is 2.32. The van der Waals surface area contributed by atoms with Crippen LogP contribution in [0.25, 0.3) is 0 Å². The normalized spacial score (nSPS) is 14.6. The molecular formula is C9H11N7OS. The maximum absolute atomic E-state index is 11.4. The summed E-state index contributed by atoms with van der Waals surface area (Å²) in [5, 5.41) is 8.58. The van der Waals surface area contributed by atoms with Gasteiger partial charge in [0.15, 0.2) is 11.6 Å². The molecule has 1 aliphatic heterocycles. The third-order valence-corrected chi connectivity index (χ3v) is 3.80. The lowest BCUT2D eigenvalue weighted by molar-refractivity contribution is 0.100. The molecule has 9 heteroatoms. The Balaban J connectivity index is 1.96. The first kappa shape index (κ1) is 11.0. The average molecular weight is 265 g/mol. The average Bonchev–Trinajstić information content (AvgIpc) is 2.93. The number of amides is 1. The second kappa shape index (κ2) is 3.95. The van der Waals surface area contributed by atoms with Gasteiger partial charge in [0, 0.05) is 13.1 Å². The van der Waals surface area contributed by atoms with Crippen LogP contribution in [0.2, 0.25) is 0 Å². The third-order valence-electron chi connectivity index (χ3n) is 2.87. The van der Waals surface area contributed by atoms with Crippen LogP contribution in [0.15, 0.2) is 6.33 Å². The van der Waals surface area contributed by atoms with E-state index >= 15 is 0 Å². The van der Waals surface area contributed by atoms with Gasteiger partial charge in [-0.15, -0.1) is 10.2 Å². The Morgan fingerprint density at radius 3 is 3.06 bits per heavy atom. The number of anilines is 2. The summed E-state index contributed by atoms with van der Waals surface area (Å²) in [4.78, 5) is 13.4. The summed E-state index contributed by atoms with van der Waals surface area (Å²) in [6, 6.07) is 0. The lowest BCUT2D eigenvalue weighted by Gasteiger charge is -2.27. The van der Waals surface area contributed by atoms with Gasteiger partial charge >= 0.3 is 0 Å². The van der Waals surface area contributed by atoms with E-state index in [0.29, 0.717) is 17.1 Å². The lowest BCUT2D eigenvalue weighted by atomic mass is 10.2. The Bertz CT molecular complexity index is 604. The molecule has 18 heavy (non-hydrogen) atoms. The quantitative estimate of drug-likeness (QED) is 0.751. The minimum atomic E-state index is -0.553. The largest absolute Gasteiger partial charge is 0.382 e. The maximum atomic E-state index is 11.4. The van der Waals surface area contributed by atoms with E-state index in [0.717, 1.165) is 18.9 Å². The van der Waals surface area contributed by atoms with E-state index in [1.54, 1.807) is 6.33 Å². The zero-order valence-corrected chi connectivity index (χ0v) is 10.2. The first-order chi connectivity index (χ1) is 8.66. The second-order valence-electron chi connectivity index (χ2n) is 3.97. The first-order valence-corrected chi connectivity index (χ1v) is 6.10. The van der Waals surface area contributed by atoms with Crippen LogP contribution in [0.3, 0.4) is 0 Å². The van der Waals surface area contributed by atoms with Crippen LogP contribution in [-0.2, 0) is 13.1 Å². The van der Waals surface area contributed by atoms with E-state index in [-0.39, 0.29) is 5.82 Å². The van der Waals surface area contributed by atoms with Crippen LogP contribution in [0.1, 0.15) is 16.2 Å². The molecule has 0 aromatic carbocycles. The molecule has 94 valence electrons. The predicted octanol–water partition coefficient (Wildman–Crippen LogP) is -0.564. The number of nitrogens with two attached hydrogens (primary N) is 2. The number of aromatic nitrogens is 4. The number of hydrogen-bond donors (Lipinski definition) is 2. The molecule has 0 saturated heterocycles. The fourth-order valence-corrected chi connectivity index (χ4v) is 2.82. The molecule has 0 bridgehead atoms. The van der Waals surface area contributed by atoms with Crippen LogP contribution in [0.4, 0.5) is 10.8 Å². The van der Waals surface area contributed by atoms with Gasteiger partial charge < -0.3 is 20.9 Å². The fraction of sp³-hybridized carbons (Fsp3) is 0.333. The molecule has 0 fully saturated rings. The van der Waals surface area contributed by atoms with Gasteiger partial charge in [-0.3, -0.25) is 4.79 Å². The van der Waals surface area contributed by atoms with Crippen molar-refractivity contribution < 1.29 is 4.79 Å². The molecule has 3 rings (SSSR count). The van der Waals surface area contributed by atoms with Gasteiger partial charge in [-0.05, 0) is 11.5 Å². The Morgan fingerprint density at radius 2 is 2.28 bits per heavy atom. The number of rotatable bonds is 2. The van der Waals surface area contributed by atoms with Crippen molar-refractivity contribution >= 4 is 28.3 Å². The molecule has 0 spiro atoms. The predicted molar refractivity (Wildman–Crippen MR) is 66.1 cm³/mol. The van der Waals surface area contributed by atoms with Crippen molar-refractivity contribution in [3.05, 3.63) is 17.7 Å². The van der Waals surface area contributed by atoms with Gasteiger partial charge in [-0.1, -0.05) is 0 Å². The van der Waals surface area contributed by atoms with Crippen LogP contribution < -0.4 is 16.4 Å². The van der Waals surface area contributed by atoms with Crippen molar-refractivity contribution in [2.24, 2.45) is 5.73 Å². The standard InChI is InChI=1S/C9H11N7OS/c10-7-6(8(11)17)9(18-14-7)15-1-2-16-4-12-13-5(16)3-15/h4H,1-3H2,(H2,10,14)(H2,11,17). The number of fused-ring (bicyclic) bond motifs is 1. The van der Waals surface area contributed by atoms with Crippen molar-refractivity contribution in [3.8, 4) is 0 Å². The summed E-state index contributed by atoms with van der Waals surface area (Å²) in [7, 11) is 0. The number of hydrogen-bond acceptors (Lipinski definition) is 7. The lowest BCUT2D eigenvalue weighted by Crippen LogP contribution is -2.34. The molecule has 0 unspecified atom stereocenters. The minimum absolute atomic E-state index is 0.189. The van der Waals surface area contributed by atoms with Crippen LogP contribution in [0.5, 0.6) is 0 Å². The van der Waals surface area contributed by atoms with Crippen LogP contribution in [-0.4, -0.2) is 31.6 Å². The van der Waals surface area contributed by atoms with Crippen molar-refractivity contribution in [3.63, 3.8) is 0 Å². The van der Waals surface area contributed by atoms with Crippen molar-refractivity contribution in [1.82, 2.24) is 19.1 Å². The maximum Gasteiger partial charge on any atom is 0.255 e. The Morgan fingerprint density at radius 1 is 1.44 bits per heavy atom. The number of primary amides is 1. The van der Waals surface area contributed by atoms with E-state index in [1.807, 2.05) is 9.47 Å². The van der Waals surface area contributed by atoms with E-state index in [4.69, 9.17) is 11.5 Å². The molecule has 2 aromatic heterocycles. The van der Waals surface area contributed by atoms with E-state index in [1.165, 1.54) is 11.5 Å². The minimum Gasteiger partial charge on any atom is -0.382 e. The number of carbonyl (C=O) groups is 1. The molecule has 0 atom stereocenters. The summed E-state index contributed by atoms with van der Waals surface area (Å²) in [5.74, 6) is 0.487. The molecule has 0 radical (unpaired) electrons. The van der Waals surface area contributed by atoms with Gasteiger partial charge in [0.1, 0.15) is 16.9 Å². The van der Waals surface area contributed by atoms with Gasteiger partial charge in [0.25, 0.3) is 5.91 Å². The Labute approximate surface area is 106 Å². The molecule has 8 nitrogen and oxygen atoms in total. The highest BCUT2D eigenvalue weighted by Gasteiger charge is 2.25. The van der Waals surface area contributed by atoms with Gasteiger partial charge in [-0.2, -0.15) is 4.37 Å². The van der Waals surface area contributed by atoms with E-state index in [2.05, 4.69) is 14.6 Å². The Kier molecular flexibility index (Phi) is 2.40. The van der Waals surface area contributed by atoms with Crippen molar-refractivity contribution in [2.45, 2.75) is 13.1 Å². The zero-order chi connectivity index (χ0) is 12.7. The fourth-order valence-electron chi connectivity index (χ4n) is 1.98. The Hall–Kier alpha value is -2.16. The SMILES string of the molecule is NC(=O)c1c(N)nsc1N1CCn2cnnc2C1. The highest BCUT2D eigenvalue weighted by atomic mass is 32.1. The summed E-state index contributed by atoms with van der Waals surface area (Å²) in [6.07, 6.45) is 1.70. The van der Waals surface area contributed by atoms with E-state index < -0.39 is 5.91 Å². The summed E-state index contributed by atoms with van der Waals surface area (Å²) in [6.45, 7) is 2.08.